The van der Waals surface area contributed by atoms with E-state index in [4.69, 9.17) is 9.47 Å². The van der Waals surface area contributed by atoms with Crippen molar-refractivity contribution in [2.45, 2.75) is 39.4 Å². The van der Waals surface area contributed by atoms with Crippen LogP contribution in [0.1, 0.15) is 37.3 Å². The predicted molar refractivity (Wildman–Crippen MR) is 119 cm³/mol. The Kier molecular flexibility index (Phi) is 6.81. The zero-order valence-electron chi connectivity index (χ0n) is 17.8. The smallest absolute Gasteiger partial charge is 0.133 e. The lowest BCUT2D eigenvalue weighted by atomic mass is 9.55. The molecule has 2 aliphatic carbocycles. The van der Waals surface area contributed by atoms with E-state index in [1.54, 1.807) is 0 Å². The second-order valence-electron chi connectivity index (χ2n) is 9.02. The van der Waals surface area contributed by atoms with Crippen LogP contribution < -0.4 is 0 Å². The van der Waals surface area contributed by atoms with Gasteiger partial charge >= 0.3 is 0 Å². The molecule has 2 aliphatic rings. The third-order valence-corrected chi connectivity index (χ3v) is 6.94. The van der Waals surface area contributed by atoms with Crippen molar-refractivity contribution in [2.75, 3.05) is 13.2 Å². The number of ether oxygens (including phenoxy) is 2. The molecule has 3 nitrogen and oxygen atoms in total. The minimum absolute atomic E-state index is 0.0540. The topological polar surface area (TPSA) is 35.5 Å². The van der Waals surface area contributed by atoms with Crippen molar-refractivity contribution in [3.63, 3.8) is 0 Å². The van der Waals surface area contributed by atoms with Crippen LogP contribution in [-0.2, 0) is 27.5 Å². The summed E-state index contributed by atoms with van der Waals surface area (Å²) in [4.78, 5) is 12.4. The van der Waals surface area contributed by atoms with Gasteiger partial charge in [-0.2, -0.15) is 0 Å². The van der Waals surface area contributed by atoms with Gasteiger partial charge in [0.05, 0.1) is 26.4 Å². The fourth-order valence-electron chi connectivity index (χ4n) is 5.16. The molecule has 2 aromatic carbocycles. The van der Waals surface area contributed by atoms with Crippen LogP contribution in [0.2, 0.25) is 0 Å². The van der Waals surface area contributed by atoms with E-state index in [0.29, 0.717) is 51.0 Å². The second kappa shape index (κ2) is 9.72. The van der Waals surface area contributed by atoms with Crippen LogP contribution in [0.15, 0.2) is 72.8 Å². The molecular formula is C27H32O3. The predicted octanol–water partition coefficient (Wildman–Crippen LogP) is 5.60. The molecular weight excluding hydrogens is 372 g/mol. The van der Waals surface area contributed by atoms with Gasteiger partial charge in [0, 0.05) is 18.8 Å². The molecule has 0 radical (unpaired) electrons. The van der Waals surface area contributed by atoms with Crippen LogP contribution in [0.4, 0.5) is 0 Å². The first-order chi connectivity index (χ1) is 14.6. The van der Waals surface area contributed by atoms with E-state index >= 15 is 0 Å². The number of allylic oxidation sites excluding steroid dienone is 1. The van der Waals surface area contributed by atoms with E-state index < -0.39 is 0 Å². The number of Topliss-reactive ketones (excluding diaryl/α,β-unsaturated/α-hetero) is 1. The standard InChI is InChI=1S/C27H32O3/c1-27-16-25(28)15-14-24(27)13-12-23(19-29-17-21-8-4-2-5-9-21)26(27)20-30-18-22-10-6-3-7-11-22/h2-13,23-24,26H,14-20H2,1H3/t23-,24-,26+,27+/m0/s1. The Labute approximate surface area is 180 Å². The van der Waals surface area contributed by atoms with E-state index in [-0.39, 0.29) is 17.3 Å². The lowest BCUT2D eigenvalue weighted by molar-refractivity contribution is -0.130. The lowest BCUT2D eigenvalue weighted by Gasteiger charge is -2.50. The van der Waals surface area contributed by atoms with Gasteiger partial charge in [-0.3, -0.25) is 4.79 Å². The Morgan fingerprint density at radius 1 is 0.867 bits per heavy atom. The van der Waals surface area contributed by atoms with Crippen molar-refractivity contribution in [3.8, 4) is 0 Å². The van der Waals surface area contributed by atoms with Gasteiger partial charge < -0.3 is 9.47 Å². The number of fused-ring (bicyclic) bond motifs is 1. The van der Waals surface area contributed by atoms with Crippen LogP contribution >= 0.6 is 0 Å². The maximum atomic E-state index is 12.4. The van der Waals surface area contributed by atoms with Crippen molar-refractivity contribution in [2.24, 2.45) is 23.2 Å². The van der Waals surface area contributed by atoms with Crippen molar-refractivity contribution in [1.82, 2.24) is 0 Å². The first-order valence-electron chi connectivity index (χ1n) is 11.1. The van der Waals surface area contributed by atoms with Crippen LogP contribution in [0, 0.1) is 23.2 Å². The largest absolute Gasteiger partial charge is 0.376 e. The third-order valence-electron chi connectivity index (χ3n) is 6.94. The summed E-state index contributed by atoms with van der Waals surface area (Å²) in [6, 6.07) is 20.6. The van der Waals surface area contributed by atoms with Crippen LogP contribution in [0.5, 0.6) is 0 Å². The second-order valence-corrected chi connectivity index (χ2v) is 9.02. The van der Waals surface area contributed by atoms with Gasteiger partial charge in [0.15, 0.2) is 0 Å². The third kappa shape index (κ3) is 4.91. The van der Waals surface area contributed by atoms with Crippen molar-refractivity contribution in [1.29, 1.82) is 0 Å². The molecule has 158 valence electrons. The molecule has 1 saturated carbocycles. The molecule has 4 rings (SSSR count). The Balaban J connectivity index is 1.44. The minimum Gasteiger partial charge on any atom is -0.376 e. The fourth-order valence-corrected chi connectivity index (χ4v) is 5.16. The summed E-state index contributed by atoms with van der Waals surface area (Å²) >= 11 is 0. The van der Waals surface area contributed by atoms with Gasteiger partial charge in [-0.05, 0) is 34.8 Å². The number of benzene rings is 2. The highest BCUT2D eigenvalue weighted by Gasteiger charge is 2.49. The molecule has 0 unspecified atom stereocenters. The highest BCUT2D eigenvalue weighted by atomic mass is 16.5. The van der Waals surface area contributed by atoms with Crippen molar-refractivity contribution < 1.29 is 14.3 Å². The van der Waals surface area contributed by atoms with Gasteiger partial charge in [0.25, 0.3) is 0 Å². The molecule has 2 aromatic rings. The Hall–Kier alpha value is -2.23. The van der Waals surface area contributed by atoms with Crippen molar-refractivity contribution in [3.05, 3.63) is 83.9 Å². The van der Waals surface area contributed by atoms with E-state index in [9.17, 15) is 4.79 Å². The van der Waals surface area contributed by atoms with E-state index in [2.05, 4.69) is 43.3 Å². The summed E-state index contributed by atoms with van der Waals surface area (Å²) in [5, 5.41) is 0. The maximum Gasteiger partial charge on any atom is 0.133 e. The molecule has 4 atom stereocenters. The van der Waals surface area contributed by atoms with Gasteiger partial charge in [-0.25, -0.2) is 0 Å². The molecule has 0 spiro atoms. The van der Waals surface area contributed by atoms with Gasteiger partial charge in [-0.15, -0.1) is 0 Å². The molecule has 0 saturated heterocycles. The summed E-state index contributed by atoms with van der Waals surface area (Å²) in [6.07, 6.45) is 6.98. The molecule has 0 aromatic heterocycles. The number of hydrogen-bond acceptors (Lipinski definition) is 3. The summed E-state index contributed by atoms with van der Waals surface area (Å²) in [6.45, 7) is 4.81. The zero-order chi connectivity index (χ0) is 20.8. The number of carbonyl (C=O) groups is 1. The van der Waals surface area contributed by atoms with Gasteiger partial charge in [0.2, 0.25) is 0 Å². The van der Waals surface area contributed by atoms with E-state index in [1.165, 1.54) is 11.1 Å². The molecule has 0 N–H and O–H groups in total. The molecule has 3 heteroatoms. The number of ketones is 1. The molecule has 30 heavy (non-hydrogen) atoms. The van der Waals surface area contributed by atoms with Gasteiger partial charge in [0.1, 0.15) is 5.78 Å². The fraction of sp³-hybridized carbons (Fsp3) is 0.444. The summed E-state index contributed by atoms with van der Waals surface area (Å²) in [5.74, 6) is 1.37. The number of carbonyl (C=O) groups excluding carboxylic acids is 1. The van der Waals surface area contributed by atoms with E-state index in [0.717, 1.165) is 6.42 Å². The van der Waals surface area contributed by atoms with Crippen LogP contribution in [0.25, 0.3) is 0 Å². The minimum atomic E-state index is -0.0540. The summed E-state index contributed by atoms with van der Waals surface area (Å²) in [5.41, 5.74) is 2.31. The summed E-state index contributed by atoms with van der Waals surface area (Å²) < 4.78 is 12.3. The van der Waals surface area contributed by atoms with Gasteiger partial charge in [-0.1, -0.05) is 79.7 Å². The highest BCUT2D eigenvalue weighted by Crippen LogP contribution is 2.52. The molecule has 0 heterocycles. The van der Waals surface area contributed by atoms with Crippen LogP contribution in [0.3, 0.4) is 0 Å². The Bertz CT molecular complexity index is 845. The Morgan fingerprint density at radius 3 is 2.10 bits per heavy atom. The first-order valence-corrected chi connectivity index (χ1v) is 11.1. The molecule has 1 fully saturated rings. The number of rotatable bonds is 8. The van der Waals surface area contributed by atoms with E-state index in [1.807, 2.05) is 36.4 Å². The SMILES string of the molecule is C[C@@]12CC(=O)CC[C@@H]1C=C[C@@H](COCc1ccccc1)[C@H]2COCc1ccccc1. The lowest BCUT2D eigenvalue weighted by Crippen LogP contribution is -2.48. The number of hydrogen-bond donors (Lipinski definition) is 0. The normalized spacial score (nSPS) is 28.3. The molecule has 0 amide bonds. The average Bonchev–Trinajstić information content (AvgIpc) is 2.76. The highest BCUT2D eigenvalue weighted by molar-refractivity contribution is 5.80. The monoisotopic (exact) mass is 404 g/mol. The Morgan fingerprint density at radius 2 is 1.47 bits per heavy atom. The first kappa shape index (κ1) is 21.0. The van der Waals surface area contributed by atoms with Crippen molar-refractivity contribution >= 4 is 5.78 Å². The summed E-state index contributed by atoms with van der Waals surface area (Å²) in [7, 11) is 0. The molecule has 0 aliphatic heterocycles. The van der Waals surface area contributed by atoms with Crippen LogP contribution in [-0.4, -0.2) is 19.0 Å². The quantitative estimate of drug-likeness (QED) is 0.538. The zero-order valence-corrected chi connectivity index (χ0v) is 17.8. The average molecular weight is 405 g/mol. The molecule has 0 bridgehead atoms. The maximum absolute atomic E-state index is 12.4.